The predicted molar refractivity (Wildman–Crippen MR) is 68.4 cm³/mol. The van der Waals surface area contributed by atoms with Crippen molar-refractivity contribution >= 4 is 11.7 Å². The summed E-state index contributed by atoms with van der Waals surface area (Å²) in [4.78, 5) is 10.5. The van der Waals surface area contributed by atoms with E-state index in [1.807, 2.05) is 0 Å². The van der Waals surface area contributed by atoms with Gasteiger partial charge in [0.05, 0.1) is 19.8 Å². The number of aliphatic hydroxyl groups excluding tert-OH is 1. The first-order chi connectivity index (χ1) is 8.51. The summed E-state index contributed by atoms with van der Waals surface area (Å²) in [5, 5.41) is 15.4. The van der Waals surface area contributed by atoms with E-state index >= 15 is 0 Å². The van der Waals surface area contributed by atoms with E-state index in [0.29, 0.717) is 6.10 Å². The van der Waals surface area contributed by atoms with Crippen LogP contribution in [0.25, 0.3) is 0 Å². The van der Waals surface area contributed by atoms with Crippen molar-refractivity contribution in [2.45, 2.75) is 32.3 Å². The quantitative estimate of drug-likeness (QED) is 0.507. The molecule has 1 fully saturated rings. The molecule has 0 aromatic heterocycles. The van der Waals surface area contributed by atoms with E-state index < -0.39 is 5.97 Å². The summed E-state index contributed by atoms with van der Waals surface area (Å²) >= 11 is 0. The Morgan fingerprint density at radius 1 is 1.61 bits per heavy atom. The van der Waals surface area contributed by atoms with Crippen molar-refractivity contribution in [1.82, 2.24) is 0 Å². The minimum absolute atomic E-state index is 0.0559. The van der Waals surface area contributed by atoms with Gasteiger partial charge in [-0.05, 0) is 32.3 Å². The third-order valence-electron chi connectivity index (χ3n) is 2.32. The molecule has 1 heterocycles. The summed E-state index contributed by atoms with van der Waals surface area (Å²) in [7, 11) is 1.17. The van der Waals surface area contributed by atoms with Crippen molar-refractivity contribution in [2.24, 2.45) is 5.73 Å². The van der Waals surface area contributed by atoms with Crippen molar-refractivity contribution in [3.05, 3.63) is 11.8 Å². The van der Waals surface area contributed by atoms with E-state index in [1.165, 1.54) is 26.4 Å². The van der Waals surface area contributed by atoms with Gasteiger partial charge in [0.2, 0.25) is 0 Å². The topological polar surface area (TPSA) is 106 Å². The Hall–Kier alpha value is -1.40. The third-order valence-corrected chi connectivity index (χ3v) is 2.32. The maximum absolute atomic E-state index is 10.5. The molecule has 1 saturated heterocycles. The highest BCUT2D eigenvalue weighted by Gasteiger charge is 2.06. The molecule has 4 N–H and O–H groups in total. The molecule has 0 saturated carbocycles. The van der Waals surface area contributed by atoms with Gasteiger partial charge >= 0.3 is 5.97 Å². The third kappa shape index (κ3) is 7.81. The molecule has 0 radical (unpaired) electrons. The number of esters is 1. The number of methoxy groups -OCH3 is 1. The normalized spacial score (nSPS) is 19.5. The molecule has 18 heavy (non-hydrogen) atoms. The predicted octanol–water partition coefficient (Wildman–Crippen LogP) is 0.589. The van der Waals surface area contributed by atoms with Crippen LogP contribution in [0, 0.1) is 5.41 Å². The molecule has 1 unspecified atom stereocenters. The smallest absolute Gasteiger partial charge is 0.355 e. The summed E-state index contributed by atoms with van der Waals surface area (Å²) in [5.74, 6) is -0.776. The first-order valence-electron chi connectivity index (χ1n) is 5.86. The van der Waals surface area contributed by atoms with Crippen LogP contribution in [0.1, 0.15) is 26.2 Å². The van der Waals surface area contributed by atoms with Gasteiger partial charge in [0, 0.05) is 12.3 Å². The van der Waals surface area contributed by atoms with Gasteiger partial charge < -0.3 is 20.3 Å². The molecule has 0 aromatic carbocycles. The molecule has 1 rings (SSSR count). The Morgan fingerprint density at radius 3 is 2.61 bits per heavy atom. The number of nitrogens with one attached hydrogen (secondary N) is 1. The minimum Gasteiger partial charge on any atom is -0.464 e. The minimum atomic E-state index is -0.776. The number of hydrogen-bond acceptors (Lipinski definition) is 6. The number of nitrogens with two attached hydrogens (primary N) is 1. The lowest BCUT2D eigenvalue weighted by Gasteiger charge is -2.17. The average Bonchev–Trinajstić information content (AvgIpc) is 2.39. The van der Waals surface area contributed by atoms with Crippen LogP contribution in [0.2, 0.25) is 0 Å². The Morgan fingerprint density at radius 2 is 2.28 bits per heavy atom. The van der Waals surface area contributed by atoms with Crippen molar-refractivity contribution in [2.75, 3.05) is 20.3 Å². The fraction of sp³-hybridized carbons (Fsp3) is 0.667. The summed E-state index contributed by atoms with van der Waals surface area (Å²) in [5.41, 5.74) is 4.81. The fourth-order valence-corrected chi connectivity index (χ4v) is 1.30. The second kappa shape index (κ2) is 9.61. The van der Waals surface area contributed by atoms with Crippen molar-refractivity contribution < 1.29 is 19.4 Å². The van der Waals surface area contributed by atoms with Crippen LogP contribution in [-0.2, 0) is 14.3 Å². The van der Waals surface area contributed by atoms with Gasteiger partial charge in [0.1, 0.15) is 5.71 Å². The van der Waals surface area contributed by atoms with E-state index in [-0.39, 0.29) is 18.0 Å². The Labute approximate surface area is 107 Å². The van der Waals surface area contributed by atoms with Gasteiger partial charge in [-0.25, -0.2) is 4.79 Å². The highest BCUT2D eigenvalue weighted by molar-refractivity contribution is 6.39. The zero-order valence-corrected chi connectivity index (χ0v) is 10.9. The van der Waals surface area contributed by atoms with Gasteiger partial charge in [-0.3, -0.25) is 5.41 Å². The number of carbonyl (C=O) groups is 1. The summed E-state index contributed by atoms with van der Waals surface area (Å²) < 4.78 is 9.49. The van der Waals surface area contributed by atoms with Crippen LogP contribution in [0.5, 0.6) is 0 Å². The number of carbonyl (C=O) groups excluding carboxylic acids is 1. The molecule has 6 heteroatoms. The Kier molecular flexibility index (Phi) is 8.86. The van der Waals surface area contributed by atoms with E-state index in [0.717, 1.165) is 12.7 Å². The molecular formula is C12H22N2O4. The van der Waals surface area contributed by atoms with Crippen molar-refractivity contribution in [3.63, 3.8) is 0 Å². The molecule has 1 aliphatic heterocycles. The molecule has 0 bridgehead atoms. The molecular weight excluding hydrogens is 236 g/mol. The largest absolute Gasteiger partial charge is 0.464 e. The van der Waals surface area contributed by atoms with Crippen LogP contribution in [-0.4, -0.2) is 43.2 Å². The highest BCUT2D eigenvalue weighted by atomic mass is 16.5. The van der Waals surface area contributed by atoms with Gasteiger partial charge in [0.25, 0.3) is 0 Å². The molecule has 6 nitrogen and oxygen atoms in total. The van der Waals surface area contributed by atoms with Crippen molar-refractivity contribution in [3.8, 4) is 0 Å². The fourth-order valence-electron chi connectivity index (χ4n) is 1.30. The van der Waals surface area contributed by atoms with E-state index in [2.05, 4.69) is 11.7 Å². The molecule has 1 atom stereocenters. The lowest BCUT2D eigenvalue weighted by atomic mass is 10.1. The second-order valence-corrected chi connectivity index (χ2v) is 3.96. The van der Waals surface area contributed by atoms with E-state index in [9.17, 15) is 4.79 Å². The lowest BCUT2D eigenvalue weighted by molar-refractivity contribution is -0.132. The zero-order valence-electron chi connectivity index (χ0n) is 10.9. The molecule has 0 amide bonds. The molecule has 0 aromatic rings. The SMILES string of the molecule is CC1CCCCO1.COC(=O)C(=N)/C=C(\N)CO. The number of aliphatic hydroxyl groups is 1. The molecule has 1 aliphatic rings. The molecule has 0 spiro atoms. The summed E-state index contributed by atoms with van der Waals surface area (Å²) in [6.07, 6.45) is 5.48. The average molecular weight is 258 g/mol. The van der Waals surface area contributed by atoms with Gasteiger partial charge in [0.15, 0.2) is 0 Å². The highest BCUT2D eigenvalue weighted by Crippen LogP contribution is 2.10. The second-order valence-electron chi connectivity index (χ2n) is 3.96. The number of hydrogen-bond donors (Lipinski definition) is 3. The van der Waals surface area contributed by atoms with E-state index in [4.69, 9.17) is 21.0 Å². The van der Waals surface area contributed by atoms with Crippen LogP contribution < -0.4 is 5.73 Å². The van der Waals surface area contributed by atoms with Crippen LogP contribution in [0.15, 0.2) is 11.8 Å². The van der Waals surface area contributed by atoms with Gasteiger partial charge in [-0.2, -0.15) is 0 Å². The summed E-state index contributed by atoms with van der Waals surface area (Å²) in [6, 6.07) is 0. The van der Waals surface area contributed by atoms with E-state index in [1.54, 1.807) is 0 Å². The van der Waals surface area contributed by atoms with Crippen molar-refractivity contribution in [1.29, 1.82) is 5.41 Å². The summed E-state index contributed by atoms with van der Waals surface area (Å²) in [6.45, 7) is 2.75. The number of ether oxygens (including phenoxy) is 2. The van der Waals surface area contributed by atoms with Gasteiger partial charge in [-0.15, -0.1) is 0 Å². The van der Waals surface area contributed by atoms with Crippen LogP contribution in [0.3, 0.4) is 0 Å². The maximum Gasteiger partial charge on any atom is 0.355 e. The molecule has 0 aliphatic carbocycles. The maximum atomic E-state index is 10.5. The lowest BCUT2D eigenvalue weighted by Crippen LogP contribution is -2.15. The first kappa shape index (κ1) is 16.6. The Bertz CT molecular complexity index is 296. The standard InChI is InChI=1S/C6H10N2O3.C6H12O/c1-11-6(10)5(8)2-4(7)3-9;1-6-4-2-3-5-7-6/h2,8-9H,3,7H2,1H3;6H,2-5H2,1H3/b4-2-,8-5?;. The number of rotatable bonds is 3. The van der Waals surface area contributed by atoms with Gasteiger partial charge in [-0.1, -0.05) is 0 Å². The molecule has 104 valence electrons. The monoisotopic (exact) mass is 258 g/mol. The zero-order chi connectivity index (χ0) is 14.0. The first-order valence-corrected chi connectivity index (χ1v) is 5.86. The Balaban J connectivity index is 0.000000351. The van der Waals surface area contributed by atoms with Crippen LogP contribution >= 0.6 is 0 Å². The van der Waals surface area contributed by atoms with Crippen LogP contribution in [0.4, 0.5) is 0 Å².